The molecule has 1 amide bonds. The third-order valence-corrected chi connectivity index (χ3v) is 5.85. The minimum absolute atomic E-state index is 0.175. The quantitative estimate of drug-likeness (QED) is 0.661. The van der Waals surface area contributed by atoms with Crippen molar-refractivity contribution in [3.8, 4) is 0 Å². The van der Waals surface area contributed by atoms with Crippen molar-refractivity contribution < 1.29 is 4.79 Å². The number of nitrogens with zero attached hydrogens (tertiary/aromatic N) is 3. The molecule has 0 N–H and O–H groups in total. The molecule has 0 spiro atoms. The number of para-hydroxylation sites is 1. The molecule has 4 nitrogen and oxygen atoms in total. The fraction of sp³-hybridized carbons (Fsp3) is 0.304. The van der Waals surface area contributed by atoms with Gasteiger partial charge in [-0.15, -0.1) is 0 Å². The first-order valence-corrected chi connectivity index (χ1v) is 10.0. The molecule has 1 saturated heterocycles. The minimum atomic E-state index is 0.175. The smallest absolute Gasteiger partial charge is 0.227 e. The number of amides is 1. The van der Waals surface area contributed by atoms with Crippen LogP contribution in [0.4, 0.5) is 5.69 Å². The molecule has 0 radical (unpaired) electrons. The van der Waals surface area contributed by atoms with Crippen molar-refractivity contribution in [1.82, 2.24) is 9.88 Å². The van der Waals surface area contributed by atoms with Crippen LogP contribution in [-0.2, 0) is 11.2 Å². The highest BCUT2D eigenvalue weighted by Gasteiger charge is 2.23. The molecule has 3 aromatic rings. The molecule has 144 valence electrons. The molecule has 1 aliphatic rings. The Bertz CT molecular complexity index is 1030. The Morgan fingerprint density at radius 2 is 1.79 bits per heavy atom. The van der Waals surface area contributed by atoms with Gasteiger partial charge in [0.25, 0.3) is 0 Å². The molecule has 1 aliphatic heterocycles. The summed E-state index contributed by atoms with van der Waals surface area (Å²) in [5, 5.41) is 1.87. The third kappa shape index (κ3) is 3.69. The van der Waals surface area contributed by atoms with Gasteiger partial charge in [-0.3, -0.25) is 9.78 Å². The van der Waals surface area contributed by atoms with Gasteiger partial charge in [-0.05, 0) is 49.2 Å². The number of piperazine rings is 1. The first-order valence-electron chi connectivity index (χ1n) is 9.66. The van der Waals surface area contributed by atoms with Crippen molar-refractivity contribution in [2.75, 3.05) is 31.1 Å². The lowest BCUT2D eigenvalue weighted by Crippen LogP contribution is -2.49. The van der Waals surface area contributed by atoms with Gasteiger partial charge in [0, 0.05) is 48.0 Å². The van der Waals surface area contributed by atoms with E-state index in [0.717, 1.165) is 64.6 Å². The second kappa shape index (κ2) is 7.80. The van der Waals surface area contributed by atoms with E-state index in [2.05, 4.69) is 24.0 Å². The van der Waals surface area contributed by atoms with Crippen LogP contribution in [0.1, 0.15) is 16.8 Å². The summed E-state index contributed by atoms with van der Waals surface area (Å²) in [5.41, 5.74) is 5.27. The van der Waals surface area contributed by atoms with Gasteiger partial charge in [0.1, 0.15) is 0 Å². The lowest BCUT2D eigenvalue weighted by atomic mass is 9.99. The fourth-order valence-corrected chi connectivity index (χ4v) is 4.17. The van der Waals surface area contributed by atoms with Crippen LogP contribution >= 0.6 is 11.6 Å². The Labute approximate surface area is 170 Å². The van der Waals surface area contributed by atoms with Gasteiger partial charge >= 0.3 is 0 Å². The summed E-state index contributed by atoms with van der Waals surface area (Å²) < 4.78 is 0. The van der Waals surface area contributed by atoms with E-state index in [4.69, 9.17) is 16.6 Å². The van der Waals surface area contributed by atoms with Gasteiger partial charge < -0.3 is 9.80 Å². The molecule has 1 fully saturated rings. The second-order valence-electron chi connectivity index (χ2n) is 7.34. The number of halogens is 1. The van der Waals surface area contributed by atoms with E-state index in [-0.39, 0.29) is 5.91 Å². The maximum atomic E-state index is 13.0. The van der Waals surface area contributed by atoms with Gasteiger partial charge in [0.15, 0.2) is 0 Å². The zero-order valence-corrected chi connectivity index (χ0v) is 17.0. The van der Waals surface area contributed by atoms with Crippen LogP contribution in [0.2, 0.25) is 5.02 Å². The Kier molecular flexibility index (Phi) is 5.23. The largest absolute Gasteiger partial charge is 0.368 e. The average molecular weight is 394 g/mol. The van der Waals surface area contributed by atoms with Gasteiger partial charge in [-0.2, -0.15) is 0 Å². The van der Waals surface area contributed by atoms with E-state index in [0.29, 0.717) is 6.42 Å². The van der Waals surface area contributed by atoms with Crippen LogP contribution < -0.4 is 4.90 Å². The SMILES string of the molecule is Cc1nc2ccccc2c(C)c1CC(=O)N1CCN(c2cccc(Cl)c2)CC1. The van der Waals surface area contributed by atoms with E-state index in [1.165, 1.54) is 0 Å². The molecule has 5 heteroatoms. The Morgan fingerprint density at radius 1 is 1.04 bits per heavy atom. The summed E-state index contributed by atoms with van der Waals surface area (Å²) in [4.78, 5) is 21.9. The molecule has 2 aromatic carbocycles. The summed E-state index contributed by atoms with van der Waals surface area (Å²) in [6.45, 7) is 7.19. The normalized spacial score (nSPS) is 14.5. The van der Waals surface area contributed by atoms with Crippen LogP contribution in [0.3, 0.4) is 0 Å². The van der Waals surface area contributed by atoms with E-state index in [1.807, 2.05) is 48.2 Å². The monoisotopic (exact) mass is 393 g/mol. The number of fused-ring (bicyclic) bond motifs is 1. The number of anilines is 1. The number of hydrogen-bond acceptors (Lipinski definition) is 3. The number of hydrogen-bond donors (Lipinski definition) is 0. The van der Waals surface area contributed by atoms with Gasteiger partial charge in [0.2, 0.25) is 5.91 Å². The van der Waals surface area contributed by atoms with Crippen LogP contribution in [-0.4, -0.2) is 42.0 Å². The van der Waals surface area contributed by atoms with E-state index in [9.17, 15) is 4.79 Å². The summed E-state index contributed by atoms with van der Waals surface area (Å²) in [7, 11) is 0. The molecule has 28 heavy (non-hydrogen) atoms. The molecule has 0 aliphatic carbocycles. The lowest BCUT2D eigenvalue weighted by Gasteiger charge is -2.36. The number of pyridine rings is 1. The first kappa shape index (κ1) is 18.8. The fourth-order valence-electron chi connectivity index (χ4n) is 3.98. The molecule has 0 unspecified atom stereocenters. The predicted octanol–water partition coefficient (Wildman–Crippen LogP) is 4.40. The average Bonchev–Trinajstić information content (AvgIpc) is 2.71. The van der Waals surface area contributed by atoms with Crippen LogP contribution in [0, 0.1) is 13.8 Å². The zero-order valence-electron chi connectivity index (χ0n) is 16.3. The molecule has 0 bridgehead atoms. The molecule has 2 heterocycles. The summed E-state index contributed by atoms with van der Waals surface area (Å²) in [6.07, 6.45) is 0.409. The Balaban J connectivity index is 1.46. The van der Waals surface area contributed by atoms with Crippen molar-refractivity contribution in [2.24, 2.45) is 0 Å². The van der Waals surface area contributed by atoms with Crippen LogP contribution in [0.5, 0.6) is 0 Å². The molecular formula is C23H24ClN3O. The summed E-state index contributed by atoms with van der Waals surface area (Å²) in [5.74, 6) is 0.175. The Hall–Kier alpha value is -2.59. The molecular weight excluding hydrogens is 370 g/mol. The van der Waals surface area contributed by atoms with E-state index >= 15 is 0 Å². The van der Waals surface area contributed by atoms with Gasteiger partial charge in [0.05, 0.1) is 11.9 Å². The molecule has 1 aromatic heterocycles. The summed E-state index contributed by atoms with van der Waals surface area (Å²) in [6, 6.07) is 16.0. The summed E-state index contributed by atoms with van der Waals surface area (Å²) >= 11 is 6.11. The topological polar surface area (TPSA) is 36.4 Å². The molecule has 4 rings (SSSR count). The van der Waals surface area contributed by atoms with Crippen LogP contribution in [0.25, 0.3) is 10.9 Å². The standard InChI is InChI=1S/C23H24ClN3O/c1-16-20-8-3-4-9-22(20)25-17(2)21(16)15-23(28)27-12-10-26(11-13-27)19-7-5-6-18(24)14-19/h3-9,14H,10-13,15H2,1-2H3. The molecule has 0 atom stereocenters. The van der Waals surface area contributed by atoms with Crippen molar-refractivity contribution in [1.29, 1.82) is 0 Å². The van der Waals surface area contributed by atoms with Gasteiger partial charge in [-0.25, -0.2) is 0 Å². The number of carbonyl (C=O) groups excluding carboxylic acids is 1. The first-order chi connectivity index (χ1) is 13.5. The number of aromatic nitrogens is 1. The van der Waals surface area contributed by atoms with Crippen molar-refractivity contribution >= 4 is 34.1 Å². The number of aryl methyl sites for hydroxylation is 2. The highest BCUT2D eigenvalue weighted by atomic mass is 35.5. The lowest BCUT2D eigenvalue weighted by molar-refractivity contribution is -0.130. The zero-order chi connectivity index (χ0) is 19.7. The van der Waals surface area contributed by atoms with Crippen LogP contribution in [0.15, 0.2) is 48.5 Å². The maximum absolute atomic E-state index is 13.0. The highest BCUT2D eigenvalue weighted by Crippen LogP contribution is 2.24. The highest BCUT2D eigenvalue weighted by molar-refractivity contribution is 6.30. The number of rotatable bonds is 3. The minimum Gasteiger partial charge on any atom is -0.368 e. The van der Waals surface area contributed by atoms with Crippen molar-refractivity contribution in [3.05, 3.63) is 70.4 Å². The van der Waals surface area contributed by atoms with Gasteiger partial charge in [-0.1, -0.05) is 35.9 Å². The predicted molar refractivity (Wildman–Crippen MR) is 115 cm³/mol. The van der Waals surface area contributed by atoms with E-state index < -0.39 is 0 Å². The van der Waals surface area contributed by atoms with Crippen molar-refractivity contribution in [2.45, 2.75) is 20.3 Å². The second-order valence-corrected chi connectivity index (χ2v) is 7.78. The maximum Gasteiger partial charge on any atom is 0.227 e. The third-order valence-electron chi connectivity index (χ3n) is 5.62. The number of benzene rings is 2. The van der Waals surface area contributed by atoms with Crippen molar-refractivity contribution in [3.63, 3.8) is 0 Å². The Morgan fingerprint density at radius 3 is 2.54 bits per heavy atom. The van der Waals surface area contributed by atoms with E-state index in [1.54, 1.807) is 0 Å². The molecule has 0 saturated carbocycles. The number of carbonyl (C=O) groups is 1.